The predicted molar refractivity (Wildman–Crippen MR) is 94.7 cm³/mol. The fourth-order valence-electron chi connectivity index (χ4n) is 4.31. The Labute approximate surface area is 137 Å². The lowest BCUT2D eigenvalue weighted by Crippen LogP contribution is -2.46. The summed E-state index contributed by atoms with van der Waals surface area (Å²) in [5, 5.41) is 3.57. The smallest absolute Gasteiger partial charge is 0.223 e. The molecule has 3 atom stereocenters. The number of nitrogens with one attached hydrogen (secondary N) is 1. The van der Waals surface area contributed by atoms with Gasteiger partial charge < -0.3 is 11.1 Å². The summed E-state index contributed by atoms with van der Waals surface area (Å²) in [5.74, 6) is 0.400. The summed E-state index contributed by atoms with van der Waals surface area (Å²) >= 11 is 0. The molecule has 0 aromatic heterocycles. The van der Waals surface area contributed by atoms with Gasteiger partial charge in [-0.05, 0) is 51.0 Å². The Bertz CT molecular complexity index is 313. The third-order valence-electron chi connectivity index (χ3n) is 5.72. The Morgan fingerprint density at radius 3 is 2.45 bits per heavy atom. The molecule has 1 aliphatic heterocycles. The molecule has 3 heteroatoms. The van der Waals surface area contributed by atoms with Gasteiger partial charge in [-0.25, -0.2) is 0 Å². The highest BCUT2D eigenvalue weighted by Crippen LogP contribution is 2.43. The van der Waals surface area contributed by atoms with Crippen LogP contribution in [-0.4, -0.2) is 18.5 Å². The van der Waals surface area contributed by atoms with Crippen LogP contribution in [0.25, 0.3) is 0 Å². The zero-order chi connectivity index (χ0) is 16.4. The normalized spacial score (nSPS) is 22.4. The Morgan fingerprint density at radius 2 is 1.95 bits per heavy atom. The molecule has 0 aliphatic carbocycles. The van der Waals surface area contributed by atoms with E-state index in [1.165, 1.54) is 38.5 Å². The number of rotatable bonds is 12. The Morgan fingerprint density at radius 1 is 1.18 bits per heavy atom. The van der Waals surface area contributed by atoms with E-state index in [0.717, 1.165) is 38.6 Å². The highest BCUT2D eigenvalue weighted by atomic mass is 16.1. The molecule has 0 bridgehead atoms. The van der Waals surface area contributed by atoms with Gasteiger partial charge in [-0.2, -0.15) is 0 Å². The fourth-order valence-corrected chi connectivity index (χ4v) is 4.31. The standard InChI is InChI=1S/C19H38N2O/c1-4-7-8-9-12-16(11-5-2)19(6-3,18(20)22)15-17-13-10-14-21-17/h16-17,21H,4-15H2,1-3H3,(H2,20,22). The van der Waals surface area contributed by atoms with Gasteiger partial charge in [-0.3, -0.25) is 4.79 Å². The van der Waals surface area contributed by atoms with Crippen molar-refractivity contribution in [3.8, 4) is 0 Å². The van der Waals surface area contributed by atoms with Crippen LogP contribution in [0.4, 0.5) is 0 Å². The fraction of sp³-hybridized carbons (Fsp3) is 0.947. The van der Waals surface area contributed by atoms with Crippen molar-refractivity contribution in [2.45, 2.75) is 97.4 Å². The Balaban J connectivity index is 2.79. The minimum atomic E-state index is -0.301. The lowest BCUT2D eigenvalue weighted by molar-refractivity contribution is -0.132. The van der Waals surface area contributed by atoms with Crippen molar-refractivity contribution >= 4 is 5.91 Å². The highest BCUT2D eigenvalue weighted by Gasteiger charge is 2.43. The van der Waals surface area contributed by atoms with E-state index < -0.39 is 0 Å². The number of unbranched alkanes of at least 4 members (excludes halogenated alkanes) is 3. The zero-order valence-corrected chi connectivity index (χ0v) is 15.1. The summed E-state index contributed by atoms with van der Waals surface area (Å²) in [6.45, 7) is 7.73. The van der Waals surface area contributed by atoms with Crippen LogP contribution in [0.15, 0.2) is 0 Å². The summed E-state index contributed by atoms with van der Waals surface area (Å²) in [5.41, 5.74) is 5.65. The quantitative estimate of drug-likeness (QED) is 0.525. The number of primary amides is 1. The third-order valence-corrected chi connectivity index (χ3v) is 5.72. The summed E-state index contributed by atoms with van der Waals surface area (Å²) in [7, 11) is 0. The number of amides is 1. The maximum atomic E-state index is 12.4. The van der Waals surface area contributed by atoms with Gasteiger partial charge in [0.1, 0.15) is 0 Å². The molecule has 1 rings (SSSR count). The average molecular weight is 311 g/mol. The van der Waals surface area contributed by atoms with Gasteiger partial charge in [0.25, 0.3) is 0 Å². The van der Waals surface area contributed by atoms with E-state index in [0.29, 0.717) is 12.0 Å². The second kappa shape index (κ2) is 10.3. The van der Waals surface area contributed by atoms with Gasteiger partial charge in [0.2, 0.25) is 5.91 Å². The summed E-state index contributed by atoms with van der Waals surface area (Å²) in [6, 6.07) is 0.488. The van der Waals surface area contributed by atoms with Gasteiger partial charge in [-0.15, -0.1) is 0 Å². The van der Waals surface area contributed by atoms with Crippen LogP contribution in [0.3, 0.4) is 0 Å². The van der Waals surface area contributed by atoms with Crippen molar-refractivity contribution in [3.63, 3.8) is 0 Å². The van der Waals surface area contributed by atoms with Crippen molar-refractivity contribution in [2.75, 3.05) is 6.54 Å². The minimum Gasteiger partial charge on any atom is -0.369 e. The number of hydrogen-bond donors (Lipinski definition) is 2. The highest BCUT2D eigenvalue weighted by molar-refractivity contribution is 5.81. The predicted octanol–water partition coefficient (Wildman–Crippen LogP) is 4.40. The number of carbonyl (C=O) groups excluding carboxylic acids is 1. The molecule has 1 heterocycles. The molecule has 0 spiro atoms. The van der Waals surface area contributed by atoms with Gasteiger partial charge in [-0.1, -0.05) is 52.9 Å². The molecule has 22 heavy (non-hydrogen) atoms. The summed E-state index contributed by atoms with van der Waals surface area (Å²) in [6.07, 6.45) is 12.8. The van der Waals surface area contributed by atoms with E-state index in [2.05, 4.69) is 26.1 Å². The maximum absolute atomic E-state index is 12.4. The molecule has 3 unspecified atom stereocenters. The molecular formula is C19H38N2O. The molecule has 1 aliphatic rings. The van der Waals surface area contributed by atoms with E-state index in [9.17, 15) is 4.79 Å². The van der Waals surface area contributed by atoms with Crippen LogP contribution in [0.1, 0.15) is 91.4 Å². The van der Waals surface area contributed by atoms with E-state index in [1.54, 1.807) is 0 Å². The van der Waals surface area contributed by atoms with Crippen molar-refractivity contribution in [3.05, 3.63) is 0 Å². The molecule has 3 nitrogen and oxygen atoms in total. The number of carbonyl (C=O) groups is 1. The first-order chi connectivity index (χ1) is 10.6. The molecule has 1 saturated heterocycles. The molecule has 130 valence electrons. The molecule has 3 N–H and O–H groups in total. The Hall–Kier alpha value is -0.570. The molecule has 1 amide bonds. The third kappa shape index (κ3) is 5.26. The molecule has 0 radical (unpaired) electrons. The molecular weight excluding hydrogens is 272 g/mol. The van der Waals surface area contributed by atoms with Crippen LogP contribution in [0, 0.1) is 11.3 Å². The number of hydrogen-bond acceptors (Lipinski definition) is 2. The Kier molecular flexibility index (Phi) is 9.08. The van der Waals surface area contributed by atoms with Gasteiger partial charge in [0, 0.05) is 6.04 Å². The van der Waals surface area contributed by atoms with E-state index >= 15 is 0 Å². The van der Waals surface area contributed by atoms with Gasteiger partial charge >= 0.3 is 0 Å². The molecule has 1 fully saturated rings. The van der Waals surface area contributed by atoms with Crippen molar-refractivity contribution in [1.82, 2.24) is 5.32 Å². The lowest BCUT2D eigenvalue weighted by Gasteiger charge is -2.40. The van der Waals surface area contributed by atoms with E-state index in [4.69, 9.17) is 5.73 Å². The first kappa shape index (κ1) is 19.5. The largest absolute Gasteiger partial charge is 0.369 e. The minimum absolute atomic E-state index is 0.0577. The van der Waals surface area contributed by atoms with Crippen LogP contribution in [-0.2, 0) is 4.79 Å². The van der Waals surface area contributed by atoms with Crippen molar-refractivity contribution < 1.29 is 4.79 Å². The van der Waals surface area contributed by atoms with Crippen molar-refractivity contribution in [1.29, 1.82) is 0 Å². The molecule has 0 aromatic carbocycles. The second-order valence-corrected chi connectivity index (χ2v) is 7.21. The maximum Gasteiger partial charge on any atom is 0.223 e. The topological polar surface area (TPSA) is 55.1 Å². The van der Waals surface area contributed by atoms with Gasteiger partial charge in [0.05, 0.1) is 5.41 Å². The van der Waals surface area contributed by atoms with Crippen LogP contribution < -0.4 is 11.1 Å². The van der Waals surface area contributed by atoms with E-state index in [1.807, 2.05) is 0 Å². The monoisotopic (exact) mass is 310 g/mol. The summed E-state index contributed by atoms with van der Waals surface area (Å²) < 4.78 is 0. The van der Waals surface area contributed by atoms with Gasteiger partial charge in [0.15, 0.2) is 0 Å². The first-order valence-electron chi connectivity index (χ1n) is 9.64. The van der Waals surface area contributed by atoms with E-state index in [-0.39, 0.29) is 11.3 Å². The van der Waals surface area contributed by atoms with Crippen LogP contribution in [0.2, 0.25) is 0 Å². The first-order valence-corrected chi connectivity index (χ1v) is 9.64. The zero-order valence-electron chi connectivity index (χ0n) is 15.1. The average Bonchev–Trinajstić information content (AvgIpc) is 3.01. The SMILES string of the molecule is CCCCCCC(CCC)C(CC)(CC1CCCN1)C(N)=O. The second-order valence-electron chi connectivity index (χ2n) is 7.21. The summed E-state index contributed by atoms with van der Waals surface area (Å²) in [4.78, 5) is 12.4. The van der Waals surface area contributed by atoms with Crippen molar-refractivity contribution in [2.24, 2.45) is 17.1 Å². The molecule has 0 aromatic rings. The molecule has 0 saturated carbocycles. The van der Waals surface area contributed by atoms with Crippen LogP contribution in [0.5, 0.6) is 0 Å². The lowest BCUT2D eigenvalue weighted by atomic mass is 9.65. The van der Waals surface area contributed by atoms with Crippen LogP contribution >= 0.6 is 0 Å². The number of nitrogens with two attached hydrogens (primary N) is 1.